The molecule has 5 aliphatic rings. The Bertz CT molecular complexity index is 1270. The van der Waals surface area contributed by atoms with Crippen molar-refractivity contribution in [3.05, 3.63) is 34.9 Å². The van der Waals surface area contributed by atoms with Gasteiger partial charge in [0.1, 0.15) is 12.5 Å². The van der Waals surface area contributed by atoms with E-state index in [0.717, 1.165) is 16.7 Å². The lowest BCUT2D eigenvalue weighted by molar-refractivity contribution is -0.191. The van der Waals surface area contributed by atoms with Crippen molar-refractivity contribution in [2.75, 3.05) is 19.6 Å². The number of nitrogens with one attached hydrogen (secondary N) is 4. The molecule has 6 rings (SSSR count). The molecule has 7 atom stereocenters. The molecule has 5 fully saturated rings. The zero-order chi connectivity index (χ0) is 29.9. The predicted octanol–water partition coefficient (Wildman–Crippen LogP) is 2.95. The summed E-state index contributed by atoms with van der Waals surface area (Å²) in [5, 5.41) is 9.25. The second-order valence-electron chi connectivity index (χ2n) is 13.0. The SMILES string of the molecule is Cc1cccc(C)c1C1CC2NC(N1)NS(=O)(=O)C1CCCC(C1)C(=O)N(CCC1(C(F)(F)F)CC1)[C@@H]1CNC[C@H]1O2. The third kappa shape index (κ3) is 5.84. The van der Waals surface area contributed by atoms with Crippen LogP contribution in [0.3, 0.4) is 0 Å². The van der Waals surface area contributed by atoms with Crippen LogP contribution in [0.4, 0.5) is 13.2 Å². The maximum Gasteiger partial charge on any atom is 0.394 e. The maximum absolute atomic E-state index is 14.1. The number of carbonyl (C=O) groups excluding carboxylic acids is 1. The number of hydrogen-bond donors (Lipinski definition) is 4. The number of ether oxygens (including phenoxy) is 1. The fourth-order valence-electron chi connectivity index (χ4n) is 7.57. The second kappa shape index (κ2) is 11.3. The normalized spacial score (nSPS) is 36.4. The van der Waals surface area contributed by atoms with Gasteiger partial charge in [-0.25, -0.2) is 8.42 Å². The molecule has 1 aromatic rings. The Kier molecular flexibility index (Phi) is 8.14. The summed E-state index contributed by atoms with van der Waals surface area (Å²) in [7, 11) is -3.84. The van der Waals surface area contributed by atoms with Crippen molar-refractivity contribution in [1.29, 1.82) is 0 Å². The Balaban J connectivity index is 1.33. The number of carbonyl (C=O) groups is 1. The summed E-state index contributed by atoms with van der Waals surface area (Å²) in [6.07, 6.45) is -3.94. The van der Waals surface area contributed by atoms with Crippen molar-refractivity contribution in [3.63, 3.8) is 0 Å². The van der Waals surface area contributed by atoms with Crippen molar-refractivity contribution >= 4 is 15.9 Å². The van der Waals surface area contributed by atoms with Crippen molar-refractivity contribution < 1.29 is 31.1 Å². The van der Waals surface area contributed by atoms with Crippen LogP contribution in [0.15, 0.2) is 18.2 Å². The number of benzene rings is 1. The summed E-state index contributed by atoms with van der Waals surface area (Å²) in [6, 6.07) is 5.39. The minimum atomic E-state index is -4.31. The van der Waals surface area contributed by atoms with E-state index >= 15 is 0 Å². The Morgan fingerprint density at radius 3 is 2.50 bits per heavy atom. The lowest BCUT2D eigenvalue weighted by Crippen LogP contribution is -2.64. The van der Waals surface area contributed by atoms with E-state index in [2.05, 4.69) is 20.7 Å². The lowest BCUT2D eigenvalue weighted by Gasteiger charge is -2.41. The highest BCUT2D eigenvalue weighted by Gasteiger charge is 2.63. The minimum Gasteiger partial charge on any atom is -0.356 e. The standard InChI is InChI=1S/C29H42F3N5O4S/c1-17-5-3-6-18(2)25(17)21-14-24-35-27(34-21)36-42(39,40)20-8-4-7-19(13-20)26(38)37(22-15-33-16-23(22)41-24)12-11-28(9-10-28)29(30,31)32/h3,5-6,19-24,27,33-36H,4,7-16H2,1-2H3/t19?,20?,21?,22-,23-,24?,27?/m1/s1. The van der Waals surface area contributed by atoms with Gasteiger partial charge in [0.15, 0.2) is 0 Å². The number of hydrogen-bond acceptors (Lipinski definition) is 7. The molecule has 2 aliphatic carbocycles. The second-order valence-corrected chi connectivity index (χ2v) is 14.9. The molecule has 9 nitrogen and oxygen atoms in total. The van der Waals surface area contributed by atoms with Gasteiger partial charge in [-0.2, -0.15) is 17.9 Å². The van der Waals surface area contributed by atoms with Crippen LogP contribution in [-0.4, -0.2) is 74.9 Å². The van der Waals surface area contributed by atoms with Crippen LogP contribution < -0.4 is 20.7 Å². The molecule has 2 saturated carbocycles. The molecule has 3 aliphatic heterocycles. The number of alkyl halides is 3. The molecule has 234 valence electrons. The van der Waals surface area contributed by atoms with Crippen LogP contribution in [0.1, 0.15) is 74.1 Å². The van der Waals surface area contributed by atoms with Crippen LogP contribution in [0, 0.1) is 25.2 Å². The fraction of sp³-hybridized carbons (Fsp3) is 0.759. The zero-order valence-corrected chi connectivity index (χ0v) is 25.0. The van der Waals surface area contributed by atoms with E-state index in [4.69, 9.17) is 4.74 Å². The zero-order valence-electron chi connectivity index (χ0n) is 24.2. The van der Waals surface area contributed by atoms with Gasteiger partial charge in [0.25, 0.3) is 0 Å². The van der Waals surface area contributed by atoms with Gasteiger partial charge >= 0.3 is 6.18 Å². The summed E-state index contributed by atoms with van der Waals surface area (Å²) >= 11 is 0. The smallest absolute Gasteiger partial charge is 0.356 e. The Labute approximate surface area is 245 Å². The summed E-state index contributed by atoms with van der Waals surface area (Å²) in [4.78, 5) is 15.7. The van der Waals surface area contributed by atoms with Gasteiger partial charge in [-0.15, -0.1) is 0 Å². The quantitative estimate of drug-likeness (QED) is 0.413. The van der Waals surface area contributed by atoms with Crippen molar-refractivity contribution in [3.8, 4) is 0 Å². The lowest BCUT2D eigenvalue weighted by atomic mass is 9.87. The number of amides is 1. The van der Waals surface area contributed by atoms with Gasteiger partial charge in [0, 0.05) is 38.0 Å². The van der Waals surface area contributed by atoms with Crippen LogP contribution in [0.25, 0.3) is 0 Å². The maximum atomic E-state index is 14.1. The molecule has 3 saturated heterocycles. The third-order valence-electron chi connectivity index (χ3n) is 10.2. The Morgan fingerprint density at radius 1 is 1.07 bits per heavy atom. The van der Waals surface area contributed by atoms with E-state index in [-0.39, 0.29) is 44.2 Å². The van der Waals surface area contributed by atoms with Crippen LogP contribution in [0.2, 0.25) is 0 Å². The molecule has 4 N–H and O–H groups in total. The minimum absolute atomic E-state index is 0.0238. The predicted molar refractivity (Wildman–Crippen MR) is 151 cm³/mol. The fourth-order valence-corrected chi connectivity index (χ4v) is 9.19. The third-order valence-corrected chi connectivity index (χ3v) is 12.1. The van der Waals surface area contributed by atoms with Crippen molar-refractivity contribution in [1.82, 2.24) is 25.6 Å². The van der Waals surface area contributed by atoms with Gasteiger partial charge in [-0.05, 0) is 69.1 Å². The number of aryl methyl sites for hydroxylation is 2. The van der Waals surface area contributed by atoms with Gasteiger partial charge in [-0.3, -0.25) is 15.4 Å². The average Bonchev–Trinajstić information content (AvgIpc) is 3.60. The average molecular weight is 614 g/mol. The van der Waals surface area contributed by atoms with E-state index in [1.807, 2.05) is 32.0 Å². The van der Waals surface area contributed by atoms with E-state index in [1.54, 1.807) is 4.90 Å². The molecular weight excluding hydrogens is 571 g/mol. The first-order valence-electron chi connectivity index (χ1n) is 15.2. The van der Waals surface area contributed by atoms with Crippen molar-refractivity contribution in [2.24, 2.45) is 11.3 Å². The largest absolute Gasteiger partial charge is 0.394 e. The number of nitrogens with zero attached hydrogens (tertiary/aromatic N) is 1. The first-order chi connectivity index (χ1) is 19.9. The molecule has 1 aromatic carbocycles. The monoisotopic (exact) mass is 613 g/mol. The number of fused-ring (bicyclic) bond motifs is 5. The molecule has 0 spiro atoms. The first kappa shape index (κ1) is 30.3. The van der Waals surface area contributed by atoms with Crippen molar-refractivity contribution in [2.45, 2.75) is 107 Å². The van der Waals surface area contributed by atoms with E-state index in [1.165, 1.54) is 0 Å². The summed E-state index contributed by atoms with van der Waals surface area (Å²) in [5.74, 6) is -0.817. The summed E-state index contributed by atoms with van der Waals surface area (Å²) in [5.41, 5.74) is 1.51. The molecule has 4 bridgehead atoms. The van der Waals surface area contributed by atoms with E-state index in [0.29, 0.717) is 38.8 Å². The Morgan fingerprint density at radius 2 is 1.81 bits per heavy atom. The molecule has 5 unspecified atom stereocenters. The summed E-state index contributed by atoms with van der Waals surface area (Å²) in [6.45, 7) is 4.89. The first-order valence-corrected chi connectivity index (χ1v) is 16.7. The van der Waals surface area contributed by atoms with Gasteiger partial charge in [0.05, 0.1) is 22.8 Å². The summed E-state index contributed by atoms with van der Waals surface area (Å²) < 4.78 is 78.3. The van der Waals surface area contributed by atoms with E-state index < -0.39 is 57.4 Å². The highest BCUT2D eigenvalue weighted by Crippen LogP contribution is 2.60. The molecule has 0 radical (unpaired) electrons. The van der Waals surface area contributed by atoms with Crippen LogP contribution in [-0.2, 0) is 19.6 Å². The number of halogens is 3. The number of rotatable bonds is 4. The van der Waals surface area contributed by atoms with Gasteiger partial charge in [-0.1, -0.05) is 24.6 Å². The molecular formula is C29H42F3N5O4S. The molecule has 42 heavy (non-hydrogen) atoms. The molecule has 0 aromatic heterocycles. The number of sulfonamides is 1. The van der Waals surface area contributed by atoms with Gasteiger partial charge in [0.2, 0.25) is 15.9 Å². The highest BCUT2D eigenvalue weighted by molar-refractivity contribution is 7.90. The Hall–Kier alpha value is -1.77. The topological polar surface area (TPSA) is 112 Å². The molecule has 3 heterocycles. The van der Waals surface area contributed by atoms with Gasteiger partial charge < -0.3 is 15.0 Å². The van der Waals surface area contributed by atoms with E-state index in [9.17, 15) is 26.4 Å². The molecule has 13 heteroatoms. The van der Waals surface area contributed by atoms with Crippen LogP contribution in [0.5, 0.6) is 0 Å². The highest BCUT2D eigenvalue weighted by atomic mass is 32.2. The van der Waals surface area contributed by atoms with Crippen LogP contribution >= 0.6 is 0 Å². The molecule has 1 amide bonds.